The first kappa shape index (κ1) is 9.07. The molecule has 1 aliphatic heterocycles. The van der Waals surface area contributed by atoms with Crippen LogP contribution in [0.25, 0.3) is 0 Å². The van der Waals surface area contributed by atoms with Gasteiger partial charge in [-0.2, -0.15) is 0 Å². The molecule has 1 aliphatic rings. The molecule has 2 nitrogen and oxygen atoms in total. The Hall–Kier alpha value is 0.0700. The summed E-state index contributed by atoms with van der Waals surface area (Å²) in [6.07, 6.45) is 0. The van der Waals surface area contributed by atoms with Crippen LogP contribution in [0.1, 0.15) is 0 Å². The molecule has 0 aromatic rings. The maximum Gasteiger partial charge on any atom is 0.277 e. The van der Waals surface area contributed by atoms with Crippen molar-refractivity contribution in [1.82, 2.24) is 5.32 Å². The van der Waals surface area contributed by atoms with Gasteiger partial charge in [0.2, 0.25) is 0 Å². The Morgan fingerprint density at radius 1 is 1.67 bits per heavy atom. The highest BCUT2D eigenvalue weighted by atomic mass is 35.5. The fourth-order valence-electron chi connectivity index (χ4n) is 0.599. The van der Waals surface area contributed by atoms with E-state index in [-0.39, 0.29) is 19.0 Å². The van der Waals surface area contributed by atoms with Crippen molar-refractivity contribution in [2.45, 2.75) is 12.0 Å². The number of halogens is 3. The first-order chi connectivity index (χ1) is 3.67. The molecule has 1 rings (SSSR count). The highest BCUT2D eigenvalue weighted by molar-refractivity contribution is 5.85. The highest BCUT2D eigenvalue weighted by Crippen LogP contribution is 2.24. The van der Waals surface area contributed by atoms with Gasteiger partial charge in [-0.15, -0.1) is 12.4 Å². The minimum absolute atomic E-state index is 0. The summed E-state index contributed by atoms with van der Waals surface area (Å²) in [5.74, 6) is -2.67. The summed E-state index contributed by atoms with van der Waals surface area (Å²) < 4.78 is 24.0. The Balaban J connectivity index is 0.000000640. The Labute approximate surface area is 57.7 Å². The van der Waals surface area contributed by atoms with Crippen LogP contribution in [0.4, 0.5) is 8.78 Å². The molecule has 0 aliphatic carbocycles. The maximum atomic E-state index is 12.0. The molecule has 1 heterocycles. The van der Waals surface area contributed by atoms with Gasteiger partial charge in [0, 0.05) is 0 Å². The Bertz CT molecular complexity index is 98.6. The van der Waals surface area contributed by atoms with E-state index in [2.05, 4.69) is 5.32 Å². The van der Waals surface area contributed by atoms with E-state index in [0.29, 0.717) is 0 Å². The quantitative estimate of drug-likeness (QED) is 0.565. The summed E-state index contributed by atoms with van der Waals surface area (Å²) in [6.45, 7) is -0.773. The molecule has 0 aromatic heterocycles. The Morgan fingerprint density at radius 3 is 2.22 bits per heavy atom. The molecular weight excluding hydrogens is 151 g/mol. The third-order valence-electron chi connectivity index (χ3n) is 1.28. The molecule has 2 N–H and O–H groups in total. The second-order valence-electron chi connectivity index (χ2n) is 1.88. The lowest BCUT2D eigenvalue weighted by Crippen LogP contribution is -2.64. The number of hydrogen-bond donors (Lipinski definition) is 2. The third-order valence-corrected chi connectivity index (χ3v) is 1.28. The molecule has 0 aromatic carbocycles. The summed E-state index contributed by atoms with van der Waals surface area (Å²) in [6, 6.07) is -0.998. The standard InChI is InChI=1S/C4H7F2NO.ClH/c5-4(6)2-7-3(4)1-8;/h3,7-8H,1-2H2;1H. The predicted octanol–water partition coefficient (Wildman–Crippen LogP) is 0.00760. The van der Waals surface area contributed by atoms with Gasteiger partial charge in [0.1, 0.15) is 0 Å². The molecule has 1 unspecified atom stereocenters. The van der Waals surface area contributed by atoms with Crippen LogP contribution in [0, 0.1) is 0 Å². The van der Waals surface area contributed by atoms with Crippen LogP contribution >= 0.6 is 12.4 Å². The van der Waals surface area contributed by atoms with Crippen molar-refractivity contribution in [3.05, 3.63) is 0 Å². The van der Waals surface area contributed by atoms with E-state index < -0.39 is 18.6 Å². The van der Waals surface area contributed by atoms with Gasteiger partial charge in [0.15, 0.2) is 0 Å². The van der Waals surface area contributed by atoms with Crippen molar-refractivity contribution >= 4 is 12.4 Å². The van der Waals surface area contributed by atoms with E-state index in [0.717, 1.165) is 0 Å². The third kappa shape index (κ3) is 1.50. The lowest BCUT2D eigenvalue weighted by Gasteiger charge is -2.36. The molecule has 0 saturated carbocycles. The normalized spacial score (nSPS) is 30.3. The van der Waals surface area contributed by atoms with Gasteiger partial charge in [0.05, 0.1) is 19.2 Å². The minimum atomic E-state index is -2.67. The zero-order valence-electron chi connectivity index (χ0n) is 4.60. The van der Waals surface area contributed by atoms with Gasteiger partial charge in [0.25, 0.3) is 5.92 Å². The van der Waals surface area contributed by atoms with Crippen LogP contribution in [0.2, 0.25) is 0 Å². The van der Waals surface area contributed by atoms with Crippen molar-refractivity contribution in [3.63, 3.8) is 0 Å². The molecule has 0 spiro atoms. The monoisotopic (exact) mass is 159 g/mol. The van der Waals surface area contributed by atoms with Gasteiger partial charge in [-0.25, -0.2) is 8.78 Å². The molecule has 56 valence electrons. The lowest BCUT2D eigenvalue weighted by molar-refractivity contribution is -0.109. The molecule has 0 amide bonds. The fourth-order valence-corrected chi connectivity index (χ4v) is 0.599. The molecular formula is C4H8ClF2NO. The van der Waals surface area contributed by atoms with Gasteiger partial charge >= 0.3 is 0 Å². The van der Waals surface area contributed by atoms with Crippen molar-refractivity contribution in [2.75, 3.05) is 13.2 Å². The molecule has 1 fully saturated rings. The van der Waals surface area contributed by atoms with Crippen LogP contribution in [-0.4, -0.2) is 30.2 Å². The van der Waals surface area contributed by atoms with E-state index >= 15 is 0 Å². The number of rotatable bonds is 1. The molecule has 9 heavy (non-hydrogen) atoms. The Morgan fingerprint density at radius 2 is 2.22 bits per heavy atom. The lowest BCUT2D eigenvalue weighted by atomic mass is 10.0. The summed E-state index contributed by atoms with van der Waals surface area (Å²) in [5.41, 5.74) is 0. The van der Waals surface area contributed by atoms with E-state index in [1.165, 1.54) is 0 Å². The van der Waals surface area contributed by atoms with Gasteiger partial charge < -0.3 is 10.4 Å². The minimum Gasteiger partial charge on any atom is -0.395 e. The van der Waals surface area contributed by atoms with E-state index in [1.807, 2.05) is 0 Å². The number of nitrogens with one attached hydrogen (secondary N) is 1. The second kappa shape index (κ2) is 2.77. The van der Waals surface area contributed by atoms with Gasteiger partial charge in [-0.3, -0.25) is 0 Å². The molecule has 5 heteroatoms. The van der Waals surface area contributed by atoms with Crippen LogP contribution in [0.15, 0.2) is 0 Å². The largest absolute Gasteiger partial charge is 0.395 e. The van der Waals surface area contributed by atoms with Crippen LogP contribution in [0.5, 0.6) is 0 Å². The predicted molar refractivity (Wildman–Crippen MR) is 31.1 cm³/mol. The summed E-state index contributed by atoms with van der Waals surface area (Å²) in [4.78, 5) is 0. The van der Waals surface area contributed by atoms with Gasteiger partial charge in [-0.05, 0) is 0 Å². The summed E-state index contributed by atoms with van der Waals surface area (Å²) >= 11 is 0. The molecule has 1 saturated heterocycles. The van der Waals surface area contributed by atoms with E-state index in [1.54, 1.807) is 0 Å². The van der Waals surface area contributed by atoms with Crippen molar-refractivity contribution in [2.24, 2.45) is 0 Å². The first-order valence-corrected chi connectivity index (χ1v) is 2.39. The molecule has 0 bridgehead atoms. The first-order valence-electron chi connectivity index (χ1n) is 2.39. The summed E-state index contributed by atoms with van der Waals surface area (Å²) in [7, 11) is 0. The SMILES string of the molecule is Cl.OCC1NCC1(F)F. The van der Waals surface area contributed by atoms with E-state index in [9.17, 15) is 8.78 Å². The van der Waals surface area contributed by atoms with Crippen LogP contribution in [-0.2, 0) is 0 Å². The zero-order chi connectivity index (χ0) is 6.20. The number of alkyl halides is 2. The molecule has 1 atom stereocenters. The van der Waals surface area contributed by atoms with Crippen molar-refractivity contribution < 1.29 is 13.9 Å². The Kier molecular flexibility index (Phi) is 2.79. The van der Waals surface area contributed by atoms with Crippen LogP contribution < -0.4 is 5.32 Å². The fraction of sp³-hybridized carbons (Fsp3) is 1.00. The zero-order valence-corrected chi connectivity index (χ0v) is 5.42. The average molecular weight is 160 g/mol. The van der Waals surface area contributed by atoms with Crippen LogP contribution in [0.3, 0.4) is 0 Å². The maximum absolute atomic E-state index is 12.0. The van der Waals surface area contributed by atoms with E-state index in [4.69, 9.17) is 5.11 Å². The van der Waals surface area contributed by atoms with Crippen molar-refractivity contribution in [3.8, 4) is 0 Å². The number of hydrogen-bond acceptors (Lipinski definition) is 2. The van der Waals surface area contributed by atoms with Gasteiger partial charge in [-0.1, -0.05) is 0 Å². The number of aliphatic hydroxyl groups is 1. The summed E-state index contributed by atoms with van der Waals surface area (Å²) in [5, 5.41) is 10.6. The highest BCUT2D eigenvalue weighted by Gasteiger charge is 2.47. The average Bonchev–Trinajstić information content (AvgIpc) is 1.66. The molecule has 0 radical (unpaired) electrons. The van der Waals surface area contributed by atoms with Crippen molar-refractivity contribution in [1.29, 1.82) is 0 Å². The second-order valence-corrected chi connectivity index (χ2v) is 1.88. The number of aliphatic hydroxyl groups excluding tert-OH is 1. The smallest absolute Gasteiger partial charge is 0.277 e. The topological polar surface area (TPSA) is 32.3 Å².